The quantitative estimate of drug-likeness (QED) is 0.645. The van der Waals surface area contributed by atoms with Crippen LogP contribution in [0.15, 0.2) is 53.7 Å². The number of halogens is 1. The average molecular weight is 372 g/mol. The van der Waals surface area contributed by atoms with Crippen molar-refractivity contribution in [2.45, 2.75) is 18.7 Å². The van der Waals surface area contributed by atoms with Crippen LogP contribution in [-0.2, 0) is 11.4 Å². The molecule has 0 unspecified atom stereocenters. The van der Waals surface area contributed by atoms with E-state index in [-0.39, 0.29) is 18.2 Å². The zero-order chi connectivity index (χ0) is 18.5. The van der Waals surface area contributed by atoms with Gasteiger partial charge in [-0.2, -0.15) is 0 Å². The van der Waals surface area contributed by atoms with Gasteiger partial charge in [-0.15, -0.1) is 10.2 Å². The first-order valence-electron chi connectivity index (χ1n) is 7.84. The second kappa shape index (κ2) is 8.01. The van der Waals surface area contributed by atoms with Gasteiger partial charge in [-0.3, -0.25) is 9.36 Å². The summed E-state index contributed by atoms with van der Waals surface area (Å²) >= 11 is 1.16. The van der Waals surface area contributed by atoms with Gasteiger partial charge < -0.3 is 10.5 Å². The van der Waals surface area contributed by atoms with Crippen LogP contribution in [0, 0.1) is 12.7 Å². The van der Waals surface area contributed by atoms with Crippen molar-refractivity contribution >= 4 is 17.7 Å². The second-order valence-corrected chi connectivity index (χ2v) is 6.51. The Morgan fingerprint density at radius 3 is 2.50 bits per heavy atom. The Bertz CT molecular complexity index is 895. The third-order valence-corrected chi connectivity index (χ3v) is 4.47. The molecule has 2 N–H and O–H groups in total. The molecule has 0 aliphatic rings. The Labute approximate surface area is 154 Å². The zero-order valence-electron chi connectivity index (χ0n) is 14.1. The molecule has 0 spiro atoms. The maximum Gasteiger partial charge on any atom is 0.227 e. The van der Waals surface area contributed by atoms with Crippen LogP contribution in [0.3, 0.4) is 0 Å². The Balaban J connectivity index is 1.87. The van der Waals surface area contributed by atoms with Gasteiger partial charge in [-0.25, -0.2) is 4.39 Å². The van der Waals surface area contributed by atoms with Crippen molar-refractivity contribution in [1.29, 1.82) is 0 Å². The molecule has 8 heteroatoms. The van der Waals surface area contributed by atoms with Gasteiger partial charge in [-0.05, 0) is 43.3 Å². The monoisotopic (exact) mass is 372 g/mol. The second-order valence-electron chi connectivity index (χ2n) is 5.57. The molecule has 0 atom stereocenters. The minimum Gasteiger partial charge on any atom is -0.486 e. The molecular weight excluding hydrogens is 355 g/mol. The van der Waals surface area contributed by atoms with E-state index in [4.69, 9.17) is 10.5 Å². The summed E-state index contributed by atoms with van der Waals surface area (Å²) < 4.78 is 20.8. The van der Waals surface area contributed by atoms with Crippen molar-refractivity contribution in [2.24, 2.45) is 5.73 Å². The number of aromatic nitrogens is 3. The van der Waals surface area contributed by atoms with Crippen LogP contribution in [0.5, 0.6) is 5.75 Å². The molecule has 6 nitrogen and oxygen atoms in total. The van der Waals surface area contributed by atoms with Gasteiger partial charge in [0, 0.05) is 5.69 Å². The summed E-state index contributed by atoms with van der Waals surface area (Å²) in [5, 5.41) is 8.74. The van der Waals surface area contributed by atoms with Crippen LogP contribution in [0.1, 0.15) is 11.4 Å². The molecule has 0 radical (unpaired) electrons. The maximum atomic E-state index is 13.3. The number of carbonyl (C=O) groups is 1. The summed E-state index contributed by atoms with van der Waals surface area (Å²) in [7, 11) is 0. The molecule has 0 saturated heterocycles. The van der Waals surface area contributed by atoms with Gasteiger partial charge in [-0.1, -0.05) is 29.5 Å². The molecule has 0 aliphatic carbocycles. The van der Waals surface area contributed by atoms with Crippen LogP contribution >= 0.6 is 11.8 Å². The molecule has 2 aromatic carbocycles. The van der Waals surface area contributed by atoms with Crippen molar-refractivity contribution in [1.82, 2.24) is 14.8 Å². The largest absolute Gasteiger partial charge is 0.486 e. The molecule has 0 aliphatic heterocycles. The highest BCUT2D eigenvalue weighted by Gasteiger charge is 2.16. The molecule has 0 bridgehead atoms. The van der Waals surface area contributed by atoms with Crippen molar-refractivity contribution in [3.8, 4) is 11.4 Å². The first-order valence-corrected chi connectivity index (χ1v) is 8.82. The highest BCUT2D eigenvalue weighted by atomic mass is 32.2. The Kier molecular flexibility index (Phi) is 5.52. The molecule has 1 aromatic heterocycles. The van der Waals surface area contributed by atoms with E-state index in [0.717, 1.165) is 17.3 Å². The number of ether oxygens (including phenoxy) is 1. The van der Waals surface area contributed by atoms with Crippen LogP contribution < -0.4 is 10.5 Å². The van der Waals surface area contributed by atoms with E-state index in [9.17, 15) is 9.18 Å². The highest BCUT2D eigenvalue weighted by molar-refractivity contribution is 7.99. The molecule has 3 aromatic rings. The zero-order valence-corrected chi connectivity index (χ0v) is 14.9. The van der Waals surface area contributed by atoms with Gasteiger partial charge in [0.25, 0.3) is 0 Å². The first kappa shape index (κ1) is 17.9. The topological polar surface area (TPSA) is 83.0 Å². The van der Waals surface area contributed by atoms with E-state index in [0.29, 0.717) is 22.4 Å². The van der Waals surface area contributed by atoms with Crippen molar-refractivity contribution in [3.05, 3.63) is 65.7 Å². The van der Waals surface area contributed by atoms with Gasteiger partial charge in [0.05, 0.1) is 5.75 Å². The van der Waals surface area contributed by atoms with Crippen molar-refractivity contribution in [3.63, 3.8) is 0 Å². The van der Waals surface area contributed by atoms with Crippen LogP contribution in [-0.4, -0.2) is 26.4 Å². The lowest BCUT2D eigenvalue weighted by atomic mass is 10.2. The molecule has 3 rings (SSSR count). The molecule has 134 valence electrons. The van der Waals surface area contributed by atoms with Gasteiger partial charge >= 0.3 is 0 Å². The minimum atomic E-state index is -0.457. The number of nitrogens with zero attached hydrogens (tertiary/aromatic N) is 3. The first-order chi connectivity index (χ1) is 12.5. The fourth-order valence-electron chi connectivity index (χ4n) is 2.25. The number of thioether (sulfide) groups is 1. The van der Waals surface area contributed by atoms with Gasteiger partial charge in [0.15, 0.2) is 11.0 Å². The number of rotatable bonds is 7. The third kappa shape index (κ3) is 4.40. The van der Waals surface area contributed by atoms with Crippen LogP contribution in [0.4, 0.5) is 4.39 Å². The van der Waals surface area contributed by atoms with E-state index in [1.54, 1.807) is 16.7 Å². The fourth-order valence-corrected chi connectivity index (χ4v) is 2.96. The fraction of sp³-hybridized carbons (Fsp3) is 0.167. The molecule has 26 heavy (non-hydrogen) atoms. The predicted octanol–water partition coefficient (Wildman–Crippen LogP) is 2.87. The van der Waals surface area contributed by atoms with Gasteiger partial charge in [0.2, 0.25) is 5.91 Å². The Morgan fingerprint density at radius 2 is 1.85 bits per heavy atom. The highest BCUT2D eigenvalue weighted by Crippen LogP contribution is 2.23. The number of primary amides is 1. The minimum absolute atomic E-state index is 0.0676. The summed E-state index contributed by atoms with van der Waals surface area (Å²) in [4.78, 5) is 11.1. The maximum absolute atomic E-state index is 13.3. The molecular formula is C18H17FN4O2S. The summed E-state index contributed by atoms with van der Waals surface area (Å²) in [6.45, 7) is 2.17. The predicted molar refractivity (Wildman–Crippen MR) is 96.7 cm³/mol. The number of aryl methyl sites for hydroxylation is 1. The Morgan fingerprint density at radius 1 is 1.15 bits per heavy atom. The van der Waals surface area contributed by atoms with E-state index < -0.39 is 5.91 Å². The third-order valence-electron chi connectivity index (χ3n) is 3.52. The number of hydrogen-bond acceptors (Lipinski definition) is 5. The van der Waals surface area contributed by atoms with E-state index in [2.05, 4.69) is 10.2 Å². The lowest BCUT2D eigenvalue weighted by Crippen LogP contribution is -2.14. The normalized spacial score (nSPS) is 10.7. The summed E-state index contributed by atoms with van der Waals surface area (Å²) in [6, 6.07) is 13.6. The SMILES string of the molecule is Cc1ccc(OCc2nnc(SCC(N)=O)n2-c2ccc(F)cc2)cc1. The Hall–Kier alpha value is -2.87. The molecule has 1 heterocycles. The number of amides is 1. The van der Waals surface area contributed by atoms with Crippen molar-refractivity contribution < 1.29 is 13.9 Å². The van der Waals surface area contributed by atoms with Crippen molar-refractivity contribution in [2.75, 3.05) is 5.75 Å². The number of hydrogen-bond donors (Lipinski definition) is 1. The summed E-state index contributed by atoms with van der Waals surface area (Å²) in [5.74, 6) is 0.504. The number of benzene rings is 2. The lowest BCUT2D eigenvalue weighted by Gasteiger charge is -2.11. The van der Waals surface area contributed by atoms with E-state index >= 15 is 0 Å². The lowest BCUT2D eigenvalue weighted by molar-refractivity contribution is -0.115. The smallest absolute Gasteiger partial charge is 0.227 e. The van der Waals surface area contributed by atoms with Crippen LogP contribution in [0.2, 0.25) is 0 Å². The molecule has 0 saturated carbocycles. The summed E-state index contributed by atoms with van der Waals surface area (Å²) in [6.07, 6.45) is 0. The number of nitrogens with two attached hydrogens (primary N) is 1. The van der Waals surface area contributed by atoms with E-state index in [1.807, 2.05) is 31.2 Å². The summed E-state index contributed by atoms with van der Waals surface area (Å²) in [5.41, 5.74) is 7.02. The van der Waals surface area contributed by atoms with Gasteiger partial charge in [0.1, 0.15) is 18.2 Å². The van der Waals surface area contributed by atoms with E-state index in [1.165, 1.54) is 12.1 Å². The average Bonchev–Trinajstić information content (AvgIpc) is 3.03. The van der Waals surface area contributed by atoms with Crippen LogP contribution in [0.25, 0.3) is 5.69 Å². The molecule has 0 fully saturated rings. The number of carbonyl (C=O) groups excluding carboxylic acids is 1. The molecule has 1 amide bonds. The standard InChI is InChI=1S/C18H17FN4O2S/c1-12-2-8-15(9-3-12)25-10-17-21-22-18(26-11-16(20)24)23(17)14-6-4-13(19)5-7-14/h2-9H,10-11H2,1H3,(H2,20,24).